The molecule has 0 fully saturated rings. The van der Waals surface area contributed by atoms with Crippen molar-refractivity contribution in [2.24, 2.45) is 5.73 Å². The fraction of sp³-hybridized carbons (Fsp3) is 0.444. The number of carbonyl (C=O) groups is 1. The van der Waals surface area contributed by atoms with Crippen LogP contribution in [-0.2, 0) is 11.2 Å². The summed E-state index contributed by atoms with van der Waals surface area (Å²) in [6.07, 6.45) is 5.37. The quantitative estimate of drug-likeness (QED) is 0.735. The van der Waals surface area contributed by atoms with Crippen LogP contribution < -0.4 is 5.73 Å². The van der Waals surface area contributed by atoms with Crippen LogP contribution in [0.4, 0.5) is 0 Å². The summed E-state index contributed by atoms with van der Waals surface area (Å²) < 4.78 is 0. The van der Waals surface area contributed by atoms with Gasteiger partial charge >= 0.3 is 0 Å². The summed E-state index contributed by atoms with van der Waals surface area (Å²) in [7, 11) is 0. The van der Waals surface area contributed by atoms with Gasteiger partial charge in [-0.05, 0) is 19.8 Å². The first-order valence-electron chi connectivity index (χ1n) is 4.24. The summed E-state index contributed by atoms with van der Waals surface area (Å²) in [5, 5.41) is 0. The lowest BCUT2D eigenvalue weighted by Gasteiger charge is -1.98. The molecule has 0 atom stereocenters. The van der Waals surface area contributed by atoms with E-state index < -0.39 is 0 Å². The van der Waals surface area contributed by atoms with E-state index in [1.54, 1.807) is 12.4 Å². The Morgan fingerprint density at radius 3 is 2.77 bits per heavy atom. The second-order valence-electron chi connectivity index (χ2n) is 2.97. The van der Waals surface area contributed by atoms with Crippen LogP contribution in [0.3, 0.4) is 0 Å². The number of rotatable bonds is 4. The highest BCUT2D eigenvalue weighted by Crippen LogP contribution is 2.00. The van der Waals surface area contributed by atoms with E-state index in [9.17, 15) is 4.79 Å². The monoisotopic (exact) mass is 179 g/mol. The summed E-state index contributed by atoms with van der Waals surface area (Å²) >= 11 is 0. The molecule has 0 saturated carbocycles. The molecule has 0 aliphatic heterocycles. The first kappa shape index (κ1) is 9.64. The third-order valence-corrected chi connectivity index (χ3v) is 1.69. The maximum atomic E-state index is 10.4. The molecule has 13 heavy (non-hydrogen) atoms. The average molecular weight is 179 g/mol. The molecule has 4 heteroatoms. The van der Waals surface area contributed by atoms with Crippen LogP contribution in [0.2, 0.25) is 0 Å². The zero-order valence-corrected chi connectivity index (χ0v) is 7.66. The van der Waals surface area contributed by atoms with Gasteiger partial charge in [0.15, 0.2) is 0 Å². The number of carbonyl (C=O) groups excluding carboxylic acids is 1. The largest absolute Gasteiger partial charge is 0.370 e. The SMILES string of the molecule is Cc1cnc(CCCC(N)=O)cn1. The number of aryl methyl sites for hydroxylation is 2. The van der Waals surface area contributed by atoms with Crippen molar-refractivity contribution in [3.63, 3.8) is 0 Å². The Morgan fingerprint density at radius 2 is 2.23 bits per heavy atom. The lowest BCUT2D eigenvalue weighted by atomic mass is 10.2. The molecule has 0 aliphatic rings. The second-order valence-corrected chi connectivity index (χ2v) is 2.97. The van der Waals surface area contributed by atoms with Crippen LogP contribution >= 0.6 is 0 Å². The maximum absolute atomic E-state index is 10.4. The van der Waals surface area contributed by atoms with Gasteiger partial charge in [-0.25, -0.2) is 0 Å². The number of amides is 1. The minimum atomic E-state index is -0.264. The van der Waals surface area contributed by atoms with E-state index >= 15 is 0 Å². The van der Waals surface area contributed by atoms with E-state index in [4.69, 9.17) is 5.73 Å². The van der Waals surface area contributed by atoms with Gasteiger partial charge in [-0.1, -0.05) is 0 Å². The standard InChI is InChI=1S/C9H13N3O/c1-7-5-12-8(6-11-7)3-2-4-9(10)13/h5-6H,2-4H2,1H3,(H2,10,13). The normalized spacial score (nSPS) is 9.92. The molecule has 0 aromatic carbocycles. The molecule has 1 rings (SSSR count). The fourth-order valence-electron chi connectivity index (χ4n) is 0.992. The molecule has 0 aliphatic carbocycles. The van der Waals surface area contributed by atoms with E-state index in [2.05, 4.69) is 9.97 Å². The third kappa shape index (κ3) is 3.64. The van der Waals surface area contributed by atoms with Crippen LogP contribution in [0.5, 0.6) is 0 Å². The Morgan fingerprint density at radius 1 is 1.46 bits per heavy atom. The van der Waals surface area contributed by atoms with E-state index in [1.807, 2.05) is 6.92 Å². The van der Waals surface area contributed by atoms with E-state index in [0.717, 1.165) is 24.2 Å². The first-order chi connectivity index (χ1) is 6.18. The van der Waals surface area contributed by atoms with Crippen molar-refractivity contribution < 1.29 is 4.79 Å². The summed E-state index contributed by atoms with van der Waals surface area (Å²) in [6, 6.07) is 0. The smallest absolute Gasteiger partial charge is 0.217 e. The second kappa shape index (κ2) is 4.54. The molecule has 0 bridgehead atoms. The number of hydrogen-bond acceptors (Lipinski definition) is 3. The Bertz CT molecular complexity index is 281. The molecule has 1 heterocycles. The molecular weight excluding hydrogens is 166 g/mol. The summed E-state index contributed by atoms with van der Waals surface area (Å²) in [5.74, 6) is -0.264. The van der Waals surface area contributed by atoms with Crippen LogP contribution in [0, 0.1) is 6.92 Å². The van der Waals surface area contributed by atoms with Gasteiger partial charge in [0.1, 0.15) is 0 Å². The molecular formula is C9H13N3O. The van der Waals surface area contributed by atoms with Crippen molar-refractivity contribution in [3.05, 3.63) is 23.8 Å². The molecule has 1 amide bonds. The minimum Gasteiger partial charge on any atom is -0.370 e. The fourth-order valence-corrected chi connectivity index (χ4v) is 0.992. The van der Waals surface area contributed by atoms with E-state index in [1.165, 1.54) is 0 Å². The average Bonchev–Trinajstić information content (AvgIpc) is 2.08. The maximum Gasteiger partial charge on any atom is 0.217 e. The summed E-state index contributed by atoms with van der Waals surface area (Å²) in [6.45, 7) is 1.89. The van der Waals surface area contributed by atoms with Crippen molar-refractivity contribution >= 4 is 5.91 Å². The Balaban J connectivity index is 2.37. The topological polar surface area (TPSA) is 68.9 Å². The summed E-state index contributed by atoms with van der Waals surface area (Å²) in [5.41, 5.74) is 6.82. The van der Waals surface area contributed by atoms with Gasteiger partial charge in [0.05, 0.1) is 11.4 Å². The zero-order chi connectivity index (χ0) is 9.68. The third-order valence-electron chi connectivity index (χ3n) is 1.69. The van der Waals surface area contributed by atoms with Gasteiger partial charge in [-0.3, -0.25) is 14.8 Å². The number of hydrogen-bond donors (Lipinski definition) is 1. The lowest BCUT2D eigenvalue weighted by molar-refractivity contribution is -0.118. The minimum absolute atomic E-state index is 0.264. The van der Waals surface area contributed by atoms with Gasteiger partial charge < -0.3 is 5.73 Å². The van der Waals surface area contributed by atoms with Crippen molar-refractivity contribution in [2.45, 2.75) is 26.2 Å². The van der Waals surface area contributed by atoms with E-state index in [-0.39, 0.29) is 5.91 Å². The van der Waals surface area contributed by atoms with Gasteiger partial charge in [0, 0.05) is 18.8 Å². The van der Waals surface area contributed by atoms with Gasteiger partial charge in [-0.15, -0.1) is 0 Å². The van der Waals surface area contributed by atoms with Crippen LogP contribution in [0.1, 0.15) is 24.2 Å². The predicted octanol–water partition coefficient (Wildman–Crippen LogP) is 0.593. The van der Waals surface area contributed by atoms with E-state index in [0.29, 0.717) is 6.42 Å². The Hall–Kier alpha value is -1.45. The highest BCUT2D eigenvalue weighted by atomic mass is 16.1. The Kier molecular flexibility index (Phi) is 3.37. The molecule has 0 saturated heterocycles. The highest BCUT2D eigenvalue weighted by Gasteiger charge is 1.97. The van der Waals surface area contributed by atoms with Gasteiger partial charge in [0.25, 0.3) is 0 Å². The van der Waals surface area contributed by atoms with Crippen LogP contribution in [0.15, 0.2) is 12.4 Å². The number of nitrogens with zero attached hydrogens (tertiary/aromatic N) is 2. The predicted molar refractivity (Wildman–Crippen MR) is 48.9 cm³/mol. The zero-order valence-electron chi connectivity index (χ0n) is 7.66. The molecule has 0 spiro atoms. The number of primary amides is 1. The van der Waals surface area contributed by atoms with Crippen molar-refractivity contribution in [3.8, 4) is 0 Å². The lowest BCUT2D eigenvalue weighted by Crippen LogP contribution is -2.10. The Labute approximate surface area is 77.2 Å². The molecule has 70 valence electrons. The molecule has 1 aromatic rings. The summed E-state index contributed by atoms with van der Waals surface area (Å²) in [4.78, 5) is 18.7. The van der Waals surface area contributed by atoms with Gasteiger partial charge in [-0.2, -0.15) is 0 Å². The molecule has 1 aromatic heterocycles. The molecule has 0 radical (unpaired) electrons. The first-order valence-corrected chi connectivity index (χ1v) is 4.24. The number of aromatic nitrogens is 2. The highest BCUT2D eigenvalue weighted by molar-refractivity contribution is 5.73. The van der Waals surface area contributed by atoms with Crippen molar-refractivity contribution in [1.82, 2.24) is 9.97 Å². The molecule has 4 nitrogen and oxygen atoms in total. The van der Waals surface area contributed by atoms with Crippen LogP contribution in [-0.4, -0.2) is 15.9 Å². The van der Waals surface area contributed by atoms with Crippen molar-refractivity contribution in [2.75, 3.05) is 0 Å². The molecule has 0 unspecified atom stereocenters. The number of nitrogens with two attached hydrogens (primary N) is 1. The molecule has 2 N–H and O–H groups in total. The van der Waals surface area contributed by atoms with Crippen LogP contribution in [0.25, 0.3) is 0 Å². The van der Waals surface area contributed by atoms with Gasteiger partial charge in [0.2, 0.25) is 5.91 Å². The van der Waals surface area contributed by atoms with Crippen molar-refractivity contribution in [1.29, 1.82) is 0 Å².